The van der Waals surface area contributed by atoms with Crippen LogP contribution in [0.2, 0.25) is 0 Å². The van der Waals surface area contributed by atoms with E-state index in [0.29, 0.717) is 0 Å². The van der Waals surface area contributed by atoms with Crippen molar-refractivity contribution in [2.75, 3.05) is 6.61 Å². The summed E-state index contributed by atoms with van der Waals surface area (Å²) >= 11 is 0. The first-order chi connectivity index (χ1) is 7.24. The molecular formula is C11H8O4. The molecule has 2 aliphatic heterocycles. The zero-order valence-corrected chi connectivity index (χ0v) is 7.80. The summed E-state index contributed by atoms with van der Waals surface area (Å²) in [4.78, 5) is 22.5. The molecular weight excluding hydrogens is 196 g/mol. The molecule has 0 aromatic heterocycles. The maximum atomic E-state index is 11.3. The summed E-state index contributed by atoms with van der Waals surface area (Å²) in [7, 11) is 0. The first kappa shape index (κ1) is 8.47. The molecule has 4 nitrogen and oxygen atoms in total. The summed E-state index contributed by atoms with van der Waals surface area (Å²) in [5.41, 5.74) is -0.0319. The Hall–Kier alpha value is -1.84. The Morgan fingerprint density at radius 3 is 2.53 bits per heavy atom. The number of rotatable bonds is 1. The molecule has 2 aliphatic rings. The number of carbonyl (C=O) groups excluding carboxylic acids is 2. The molecule has 0 saturated carbocycles. The molecule has 0 aliphatic carbocycles. The highest BCUT2D eigenvalue weighted by Gasteiger charge is 2.67. The Bertz CT molecular complexity index is 439. The fourth-order valence-electron chi connectivity index (χ4n) is 2.12. The van der Waals surface area contributed by atoms with Crippen molar-refractivity contribution in [3.8, 4) is 0 Å². The van der Waals surface area contributed by atoms with E-state index in [9.17, 15) is 9.59 Å². The van der Waals surface area contributed by atoms with Gasteiger partial charge in [0.2, 0.25) is 5.92 Å². The van der Waals surface area contributed by atoms with Gasteiger partial charge in [-0.3, -0.25) is 9.59 Å². The van der Waals surface area contributed by atoms with Crippen molar-refractivity contribution in [1.29, 1.82) is 0 Å². The molecule has 2 fully saturated rings. The molecule has 1 aromatic rings. The lowest BCUT2D eigenvalue weighted by Gasteiger charge is -2.39. The third kappa shape index (κ3) is 0.909. The van der Waals surface area contributed by atoms with Gasteiger partial charge in [-0.2, -0.15) is 0 Å². The number of esters is 2. The van der Waals surface area contributed by atoms with Crippen molar-refractivity contribution in [2.24, 2.45) is 5.92 Å². The number of hydrogen-bond donors (Lipinski definition) is 0. The summed E-state index contributed by atoms with van der Waals surface area (Å²) < 4.78 is 10.0. The zero-order chi connectivity index (χ0) is 10.5. The molecule has 3 rings (SSSR count). The van der Waals surface area contributed by atoms with E-state index in [-0.39, 0.29) is 6.61 Å². The highest BCUT2D eigenvalue weighted by Crippen LogP contribution is 2.48. The molecule has 1 aromatic carbocycles. The first-order valence-corrected chi connectivity index (χ1v) is 4.69. The molecule has 1 unspecified atom stereocenters. The van der Waals surface area contributed by atoms with E-state index in [0.717, 1.165) is 5.56 Å². The van der Waals surface area contributed by atoms with Crippen LogP contribution in [-0.4, -0.2) is 18.5 Å². The normalized spacial score (nSPS) is 32.7. The molecule has 2 saturated heterocycles. The van der Waals surface area contributed by atoms with E-state index in [1.165, 1.54) is 0 Å². The molecule has 0 radical (unpaired) electrons. The van der Waals surface area contributed by atoms with Crippen LogP contribution < -0.4 is 0 Å². The molecule has 15 heavy (non-hydrogen) atoms. The van der Waals surface area contributed by atoms with Crippen molar-refractivity contribution >= 4 is 11.9 Å². The largest absolute Gasteiger partial charge is 0.460 e. The monoisotopic (exact) mass is 204 g/mol. The van der Waals surface area contributed by atoms with Crippen molar-refractivity contribution in [3.63, 3.8) is 0 Å². The van der Waals surface area contributed by atoms with E-state index in [1.807, 2.05) is 30.3 Å². The summed E-state index contributed by atoms with van der Waals surface area (Å²) in [5.74, 6) is -1.73. The fraction of sp³-hybridized carbons (Fsp3) is 0.273. The van der Waals surface area contributed by atoms with Crippen molar-refractivity contribution in [2.45, 2.75) is 5.60 Å². The third-order valence-corrected chi connectivity index (χ3v) is 2.91. The van der Waals surface area contributed by atoms with Gasteiger partial charge >= 0.3 is 11.9 Å². The smallest absolute Gasteiger partial charge is 0.326 e. The predicted octanol–water partition coefficient (Wildman–Crippen LogP) is 0.612. The number of benzene rings is 1. The van der Waals surface area contributed by atoms with Crippen LogP contribution in [0.1, 0.15) is 5.56 Å². The van der Waals surface area contributed by atoms with E-state index in [2.05, 4.69) is 0 Å². The van der Waals surface area contributed by atoms with Gasteiger partial charge in [0.1, 0.15) is 6.61 Å². The highest BCUT2D eigenvalue weighted by molar-refractivity contribution is 6.02. The zero-order valence-electron chi connectivity index (χ0n) is 7.80. The molecule has 0 amide bonds. The average Bonchev–Trinajstić information content (AvgIpc) is 2.51. The first-order valence-electron chi connectivity index (χ1n) is 4.69. The molecule has 0 spiro atoms. The number of carbonyl (C=O) groups is 2. The summed E-state index contributed by atoms with van der Waals surface area (Å²) in [6.07, 6.45) is 0. The van der Waals surface area contributed by atoms with Crippen LogP contribution in [0.4, 0.5) is 0 Å². The summed E-state index contributed by atoms with van der Waals surface area (Å²) in [5, 5.41) is 0. The van der Waals surface area contributed by atoms with Gasteiger partial charge in [0.05, 0.1) is 0 Å². The van der Waals surface area contributed by atoms with Crippen molar-refractivity contribution < 1.29 is 19.1 Å². The standard InChI is InChI=1S/C11H8O4/c12-9-8-10(13)15-11(8,6-14-9)7-4-2-1-3-5-7/h1-5,8H,6H2/t8?,11-/m1/s1. The fourth-order valence-corrected chi connectivity index (χ4v) is 2.12. The second kappa shape index (κ2) is 2.59. The minimum atomic E-state index is -0.852. The van der Waals surface area contributed by atoms with Gasteiger partial charge < -0.3 is 9.47 Å². The summed E-state index contributed by atoms with van der Waals surface area (Å²) in [6.45, 7) is 0.131. The Labute approximate surface area is 85.8 Å². The minimum absolute atomic E-state index is 0.131. The van der Waals surface area contributed by atoms with Crippen molar-refractivity contribution in [1.82, 2.24) is 0 Å². The Balaban J connectivity index is 2.06. The molecule has 4 heteroatoms. The van der Waals surface area contributed by atoms with Gasteiger partial charge in [-0.1, -0.05) is 30.3 Å². The van der Waals surface area contributed by atoms with Crippen LogP contribution in [0.3, 0.4) is 0 Å². The number of hydrogen-bond acceptors (Lipinski definition) is 4. The van der Waals surface area contributed by atoms with E-state index >= 15 is 0 Å². The second-order valence-corrected chi connectivity index (χ2v) is 3.72. The highest BCUT2D eigenvalue weighted by atomic mass is 16.6. The van der Waals surface area contributed by atoms with E-state index < -0.39 is 23.5 Å². The van der Waals surface area contributed by atoms with Gasteiger partial charge in [-0.05, 0) is 0 Å². The number of cyclic esters (lactones) is 1. The van der Waals surface area contributed by atoms with Gasteiger partial charge in [-0.15, -0.1) is 0 Å². The van der Waals surface area contributed by atoms with Crippen LogP contribution in [0.5, 0.6) is 0 Å². The minimum Gasteiger partial charge on any atom is -0.460 e. The molecule has 0 bridgehead atoms. The quantitative estimate of drug-likeness (QED) is 0.497. The lowest BCUT2D eigenvalue weighted by atomic mass is 9.79. The SMILES string of the molecule is O=C1OC[C@]2(c3ccccc3)OC(=O)C12. The average molecular weight is 204 g/mol. The number of fused-ring (bicyclic) bond motifs is 1. The topological polar surface area (TPSA) is 52.6 Å². The van der Waals surface area contributed by atoms with Gasteiger partial charge in [-0.25, -0.2) is 0 Å². The molecule has 76 valence electrons. The van der Waals surface area contributed by atoms with Gasteiger partial charge in [0.15, 0.2) is 5.60 Å². The van der Waals surface area contributed by atoms with Crippen LogP contribution in [-0.2, 0) is 24.7 Å². The second-order valence-electron chi connectivity index (χ2n) is 3.72. The van der Waals surface area contributed by atoms with E-state index in [1.54, 1.807) is 0 Å². The van der Waals surface area contributed by atoms with E-state index in [4.69, 9.17) is 9.47 Å². The van der Waals surface area contributed by atoms with Crippen LogP contribution in [0, 0.1) is 5.92 Å². The maximum absolute atomic E-state index is 11.3. The Morgan fingerprint density at radius 1 is 1.13 bits per heavy atom. The Morgan fingerprint density at radius 2 is 1.87 bits per heavy atom. The molecule has 2 atom stereocenters. The third-order valence-electron chi connectivity index (χ3n) is 2.91. The van der Waals surface area contributed by atoms with Crippen LogP contribution in [0.25, 0.3) is 0 Å². The summed E-state index contributed by atoms with van der Waals surface area (Å²) in [6, 6.07) is 9.22. The van der Waals surface area contributed by atoms with Crippen LogP contribution in [0.15, 0.2) is 30.3 Å². The lowest BCUT2D eigenvalue weighted by Crippen LogP contribution is -2.55. The van der Waals surface area contributed by atoms with Crippen LogP contribution >= 0.6 is 0 Å². The van der Waals surface area contributed by atoms with Crippen molar-refractivity contribution in [3.05, 3.63) is 35.9 Å². The Kier molecular flexibility index (Phi) is 1.46. The lowest BCUT2D eigenvalue weighted by molar-refractivity contribution is -0.206. The molecule has 0 N–H and O–H groups in total. The maximum Gasteiger partial charge on any atom is 0.326 e. The van der Waals surface area contributed by atoms with Gasteiger partial charge in [0.25, 0.3) is 0 Å². The number of ether oxygens (including phenoxy) is 2. The molecule has 2 heterocycles. The van der Waals surface area contributed by atoms with Gasteiger partial charge in [0, 0.05) is 5.56 Å². The predicted molar refractivity (Wildman–Crippen MR) is 48.7 cm³/mol.